The Labute approximate surface area is 173 Å². The minimum absolute atomic E-state index is 0.162. The number of fused-ring (bicyclic) bond motifs is 2. The van der Waals surface area contributed by atoms with Gasteiger partial charge in [-0.05, 0) is 48.9 Å². The van der Waals surface area contributed by atoms with E-state index in [4.69, 9.17) is 9.47 Å². The van der Waals surface area contributed by atoms with E-state index in [-0.39, 0.29) is 5.92 Å². The highest BCUT2D eigenvalue weighted by Crippen LogP contribution is 2.39. The van der Waals surface area contributed by atoms with E-state index in [2.05, 4.69) is 35.2 Å². The summed E-state index contributed by atoms with van der Waals surface area (Å²) in [5.41, 5.74) is 2.35. The van der Waals surface area contributed by atoms with Gasteiger partial charge in [-0.3, -0.25) is 9.69 Å². The number of benzene rings is 2. The van der Waals surface area contributed by atoms with Gasteiger partial charge in [0.2, 0.25) is 0 Å². The van der Waals surface area contributed by atoms with Crippen molar-refractivity contribution in [2.45, 2.75) is 57.2 Å². The van der Waals surface area contributed by atoms with Gasteiger partial charge in [0.1, 0.15) is 17.3 Å². The van der Waals surface area contributed by atoms with Gasteiger partial charge in [-0.25, -0.2) is 0 Å². The number of Topliss-reactive ketones (excluding diaryl/α,β-unsaturated/α-hetero) is 1. The van der Waals surface area contributed by atoms with Crippen molar-refractivity contribution in [2.75, 3.05) is 14.2 Å². The molecule has 0 aromatic heterocycles. The van der Waals surface area contributed by atoms with E-state index in [1.165, 1.54) is 24.8 Å². The van der Waals surface area contributed by atoms with Gasteiger partial charge in [-0.15, -0.1) is 0 Å². The summed E-state index contributed by atoms with van der Waals surface area (Å²) in [6, 6.07) is 17.5. The largest absolute Gasteiger partial charge is 0.497 e. The van der Waals surface area contributed by atoms with Crippen molar-refractivity contribution in [3.05, 3.63) is 59.7 Å². The Kier molecular flexibility index (Phi) is 6.19. The van der Waals surface area contributed by atoms with Gasteiger partial charge >= 0.3 is 0 Å². The summed E-state index contributed by atoms with van der Waals surface area (Å²) in [5, 5.41) is 0. The summed E-state index contributed by atoms with van der Waals surface area (Å²) >= 11 is 0. The normalized spacial score (nSPS) is 24.1. The highest BCUT2D eigenvalue weighted by atomic mass is 16.5. The third-order valence-corrected chi connectivity index (χ3v) is 6.58. The molecule has 2 aliphatic rings. The first-order valence-electron chi connectivity index (χ1n) is 10.7. The Hall–Kier alpha value is -2.33. The summed E-state index contributed by atoms with van der Waals surface area (Å²) in [6.45, 7) is 1.00. The molecular formula is C25H31NO3. The molecule has 2 atom stereocenters. The fourth-order valence-electron chi connectivity index (χ4n) is 5.11. The van der Waals surface area contributed by atoms with E-state index >= 15 is 0 Å². The number of carbonyl (C=O) groups is 1. The molecule has 2 aromatic rings. The molecule has 0 aliphatic carbocycles. The summed E-state index contributed by atoms with van der Waals surface area (Å²) in [4.78, 5) is 15.8. The van der Waals surface area contributed by atoms with Crippen LogP contribution in [0.15, 0.2) is 48.5 Å². The van der Waals surface area contributed by atoms with E-state index in [0.717, 1.165) is 36.4 Å². The molecule has 0 radical (unpaired) electrons. The summed E-state index contributed by atoms with van der Waals surface area (Å²) in [7, 11) is 3.29. The van der Waals surface area contributed by atoms with Crippen LogP contribution in [0.5, 0.6) is 11.5 Å². The molecule has 0 spiro atoms. The van der Waals surface area contributed by atoms with E-state index < -0.39 is 0 Å². The van der Waals surface area contributed by atoms with E-state index in [9.17, 15) is 4.79 Å². The van der Waals surface area contributed by atoms with E-state index in [0.29, 0.717) is 24.3 Å². The van der Waals surface area contributed by atoms with E-state index in [1.807, 2.05) is 18.2 Å². The van der Waals surface area contributed by atoms with Crippen LogP contribution in [0.3, 0.4) is 0 Å². The molecule has 2 bridgehead atoms. The average molecular weight is 394 g/mol. The minimum Gasteiger partial charge on any atom is -0.497 e. The van der Waals surface area contributed by atoms with Crippen molar-refractivity contribution in [1.29, 1.82) is 0 Å². The van der Waals surface area contributed by atoms with E-state index in [1.54, 1.807) is 14.2 Å². The third kappa shape index (κ3) is 4.64. The van der Waals surface area contributed by atoms with Gasteiger partial charge in [0.15, 0.2) is 0 Å². The Morgan fingerprint density at radius 1 is 0.931 bits per heavy atom. The maximum Gasteiger partial charge on any atom is 0.140 e. The molecule has 0 amide bonds. The maximum absolute atomic E-state index is 13.2. The summed E-state index contributed by atoms with van der Waals surface area (Å²) < 4.78 is 10.7. The Balaban J connectivity index is 1.44. The lowest BCUT2D eigenvalue weighted by atomic mass is 9.75. The molecule has 2 aromatic carbocycles. The first kappa shape index (κ1) is 20.0. The molecule has 2 heterocycles. The van der Waals surface area contributed by atoms with Crippen LogP contribution in [-0.4, -0.2) is 37.0 Å². The second-order valence-corrected chi connectivity index (χ2v) is 8.43. The molecule has 2 unspecified atom stereocenters. The summed E-state index contributed by atoms with van der Waals surface area (Å²) in [6.07, 6.45) is 6.14. The van der Waals surface area contributed by atoms with Crippen LogP contribution in [0.1, 0.15) is 43.2 Å². The molecule has 4 heteroatoms. The van der Waals surface area contributed by atoms with Crippen LogP contribution < -0.4 is 9.47 Å². The number of nitrogens with zero attached hydrogens (tertiary/aromatic N) is 1. The van der Waals surface area contributed by atoms with Crippen LogP contribution in [0.25, 0.3) is 0 Å². The fourth-order valence-corrected chi connectivity index (χ4v) is 5.11. The molecule has 4 nitrogen and oxygen atoms in total. The van der Waals surface area contributed by atoms with Crippen molar-refractivity contribution < 1.29 is 14.3 Å². The quantitative estimate of drug-likeness (QED) is 0.686. The fraction of sp³-hybridized carbons (Fsp3) is 0.480. The highest BCUT2D eigenvalue weighted by Gasteiger charge is 2.40. The topological polar surface area (TPSA) is 38.8 Å². The zero-order chi connectivity index (χ0) is 20.2. The van der Waals surface area contributed by atoms with Gasteiger partial charge in [0.05, 0.1) is 14.2 Å². The first-order valence-corrected chi connectivity index (χ1v) is 10.7. The predicted octanol–water partition coefficient (Wildman–Crippen LogP) is 4.65. The number of methoxy groups -OCH3 is 2. The SMILES string of the molecule is COc1cc(CC(=O)C2CC3CCCC(C2)N3Cc2ccccc2)cc(OC)c1. The number of hydrogen-bond acceptors (Lipinski definition) is 4. The Morgan fingerprint density at radius 3 is 2.14 bits per heavy atom. The number of rotatable bonds is 7. The lowest BCUT2D eigenvalue weighted by Crippen LogP contribution is -2.52. The monoisotopic (exact) mass is 393 g/mol. The number of hydrogen-bond donors (Lipinski definition) is 0. The molecule has 0 saturated carbocycles. The predicted molar refractivity (Wildman–Crippen MR) is 114 cm³/mol. The molecule has 29 heavy (non-hydrogen) atoms. The maximum atomic E-state index is 13.2. The molecule has 4 rings (SSSR count). The highest BCUT2D eigenvalue weighted by molar-refractivity contribution is 5.83. The standard InChI is InChI=1S/C25H31NO3/c1-28-23-11-19(12-24(16-23)29-2)13-25(27)20-14-21-9-6-10-22(15-20)26(21)17-18-7-4-3-5-8-18/h3-5,7-8,11-12,16,20-22H,6,9-10,13-15,17H2,1-2H3. The average Bonchev–Trinajstić information content (AvgIpc) is 2.73. The van der Waals surface area contributed by atoms with Gasteiger partial charge in [-0.1, -0.05) is 36.8 Å². The van der Waals surface area contributed by atoms with Gasteiger partial charge in [-0.2, -0.15) is 0 Å². The number of piperidine rings is 2. The second kappa shape index (κ2) is 9.00. The molecule has 0 N–H and O–H groups in total. The lowest BCUT2D eigenvalue weighted by molar-refractivity contribution is -0.126. The summed E-state index contributed by atoms with van der Waals surface area (Å²) in [5.74, 6) is 1.99. The smallest absolute Gasteiger partial charge is 0.140 e. The minimum atomic E-state index is 0.162. The van der Waals surface area contributed by atoms with Crippen molar-refractivity contribution in [3.8, 4) is 11.5 Å². The molecule has 154 valence electrons. The van der Waals surface area contributed by atoms with Crippen molar-refractivity contribution >= 4 is 5.78 Å². The lowest BCUT2D eigenvalue weighted by Gasteiger charge is -2.48. The van der Waals surface area contributed by atoms with Crippen LogP contribution in [0.4, 0.5) is 0 Å². The molecule has 2 aliphatic heterocycles. The first-order chi connectivity index (χ1) is 14.2. The van der Waals surface area contributed by atoms with Crippen molar-refractivity contribution in [3.63, 3.8) is 0 Å². The molecular weight excluding hydrogens is 362 g/mol. The zero-order valence-electron chi connectivity index (χ0n) is 17.5. The van der Waals surface area contributed by atoms with Crippen LogP contribution in [-0.2, 0) is 17.8 Å². The zero-order valence-corrected chi connectivity index (χ0v) is 17.5. The van der Waals surface area contributed by atoms with Crippen molar-refractivity contribution in [1.82, 2.24) is 4.90 Å². The molecule has 2 saturated heterocycles. The van der Waals surface area contributed by atoms with Crippen molar-refractivity contribution in [2.24, 2.45) is 5.92 Å². The Morgan fingerprint density at radius 2 is 1.55 bits per heavy atom. The number of carbonyl (C=O) groups excluding carboxylic acids is 1. The van der Waals surface area contributed by atoms with Crippen LogP contribution in [0.2, 0.25) is 0 Å². The number of ether oxygens (including phenoxy) is 2. The second-order valence-electron chi connectivity index (χ2n) is 8.43. The van der Waals surface area contributed by atoms with Gasteiger partial charge < -0.3 is 9.47 Å². The van der Waals surface area contributed by atoms with Crippen LogP contribution in [0, 0.1) is 5.92 Å². The van der Waals surface area contributed by atoms with Crippen LogP contribution >= 0.6 is 0 Å². The Bertz CT molecular complexity index is 799. The third-order valence-electron chi connectivity index (χ3n) is 6.58. The van der Waals surface area contributed by atoms with Gasteiger partial charge in [0.25, 0.3) is 0 Å². The number of ketones is 1. The molecule has 2 fully saturated rings. The van der Waals surface area contributed by atoms with Gasteiger partial charge in [0, 0.05) is 37.0 Å².